The molecule has 0 unspecified atom stereocenters. The van der Waals surface area contributed by atoms with Crippen LogP contribution in [0.2, 0.25) is 0 Å². The van der Waals surface area contributed by atoms with Crippen LogP contribution in [0, 0.1) is 15.4 Å². The summed E-state index contributed by atoms with van der Waals surface area (Å²) >= 11 is 2.29. The van der Waals surface area contributed by atoms with Gasteiger partial charge in [0.05, 0.1) is 35.2 Å². The minimum atomic E-state index is -0.877. The summed E-state index contributed by atoms with van der Waals surface area (Å²) in [7, 11) is 0. The van der Waals surface area contributed by atoms with Crippen molar-refractivity contribution in [1.82, 2.24) is 0 Å². The lowest BCUT2D eigenvalue weighted by molar-refractivity contribution is -0.122. The first-order valence-corrected chi connectivity index (χ1v) is 14.2. The van der Waals surface area contributed by atoms with Crippen molar-refractivity contribution in [3.8, 4) is 5.75 Å². The molecule has 192 valence electrons. The standard InChI is InChI=1S/C33H25IN2O3/c1-2-39-21-17-15-20(16-18-21)36-31(37)29-28-22-9-3-5-11-24(22)33(30(29)32(36)38,25-12-6-4-10-23(25)28)19-35-27-14-8-7-13-26(27)34/h3-19,28-30H,2H2,1H3/t28?,29-,30+,33?/m0/s1. The molecule has 0 spiro atoms. The van der Waals surface area contributed by atoms with E-state index >= 15 is 0 Å². The molecule has 1 fully saturated rings. The van der Waals surface area contributed by atoms with Crippen molar-refractivity contribution in [2.24, 2.45) is 16.8 Å². The topological polar surface area (TPSA) is 59.0 Å². The van der Waals surface area contributed by atoms with Gasteiger partial charge >= 0.3 is 0 Å². The second-order valence-electron chi connectivity index (χ2n) is 10.2. The second kappa shape index (κ2) is 9.16. The van der Waals surface area contributed by atoms with E-state index < -0.39 is 17.3 Å². The molecule has 0 radical (unpaired) electrons. The highest BCUT2D eigenvalue weighted by molar-refractivity contribution is 14.1. The van der Waals surface area contributed by atoms with Crippen molar-refractivity contribution in [3.63, 3.8) is 0 Å². The fourth-order valence-electron chi connectivity index (χ4n) is 6.89. The predicted octanol–water partition coefficient (Wildman–Crippen LogP) is 6.64. The lowest BCUT2D eigenvalue weighted by Gasteiger charge is -2.52. The van der Waals surface area contributed by atoms with Gasteiger partial charge in [-0.1, -0.05) is 60.7 Å². The molecular weight excluding hydrogens is 599 g/mol. The van der Waals surface area contributed by atoms with E-state index in [2.05, 4.69) is 46.9 Å². The van der Waals surface area contributed by atoms with Gasteiger partial charge in [0.2, 0.25) is 11.8 Å². The van der Waals surface area contributed by atoms with E-state index in [0.29, 0.717) is 18.0 Å². The van der Waals surface area contributed by atoms with E-state index in [4.69, 9.17) is 9.73 Å². The maximum atomic E-state index is 14.5. The van der Waals surface area contributed by atoms with Crippen LogP contribution in [0.4, 0.5) is 11.4 Å². The summed E-state index contributed by atoms with van der Waals surface area (Å²) < 4.78 is 6.62. The zero-order valence-corrected chi connectivity index (χ0v) is 23.4. The molecule has 1 saturated heterocycles. The third-order valence-electron chi connectivity index (χ3n) is 8.35. The normalized spacial score (nSPS) is 24.6. The quantitative estimate of drug-likeness (QED) is 0.142. The Labute approximate surface area is 240 Å². The molecule has 1 heterocycles. The Morgan fingerprint density at radius 1 is 0.846 bits per heavy atom. The van der Waals surface area contributed by atoms with Crippen LogP contribution in [0.25, 0.3) is 0 Å². The maximum absolute atomic E-state index is 14.5. The van der Waals surface area contributed by atoms with Crippen LogP contribution in [0.5, 0.6) is 5.75 Å². The van der Waals surface area contributed by atoms with Crippen molar-refractivity contribution < 1.29 is 14.3 Å². The van der Waals surface area contributed by atoms with Crippen molar-refractivity contribution in [3.05, 3.63) is 123 Å². The highest BCUT2D eigenvalue weighted by Gasteiger charge is 2.67. The number of rotatable bonds is 5. The number of amides is 2. The number of carbonyl (C=O) groups excluding carboxylic acids is 2. The number of aliphatic imine (C=N–C) groups is 1. The third-order valence-corrected chi connectivity index (χ3v) is 9.26. The molecule has 5 nitrogen and oxygen atoms in total. The van der Waals surface area contributed by atoms with Crippen LogP contribution in [-0.2, 0) is 15.0 Å². The molecule has 3 aliphatic carbocycles. The van der Waals surface area contributed by atoms with Crippen LogP contribution >= 0.6 is 22.6 Å². The number of para-hydroxylation sites is 1. The van der Waals surface area contributed by atoms with Crippen molar-refractivity contribution in [2.45, 2.75) is 18.3 Å². The Kier molecular flexibility index (Phi) is 5.70. The first-order valence-electron chi connectivity index (χ1n) is 13.2. The van der Waals surface area contributed by atoms with E-state index in [9.17, 15) is 9.59 Å². The average Bonchev–Trinajstić information content (AvgIpc) is 3.24. The predicted molar refractivity (Wildman–Crippen MR) is 160 cm³/mol. The lowest BCUT2D eigenvalue weighted by Crippen LogP contribution is -2.54. The summed E-state index contributed by atoms with van der Waals surface area (Å²) in [6.07, 6.45) is 1.95. The Bertz CT molecular complexity index is 1610. The first kappa shape index (κ1) is 24.3. The number of halogens is 1. The second-order valence-corrected chi connectivity index (χ2v) is 11.3. The molecule has 2 bridgehead atoms. The Balaban J connectivity index is 1.46. The Morgan fingerprint density at radius 2 is 1.46 bits per heavy atom. The molecule has 39 heavy (non-hydrogen) atoms. The van der Waals surface area contributed by atoms with E-state index in [1.807, 2.05) is 73.8 Å². The van der Waals surface area contributed by atoms with Crippen molar-refractivity contribution in [2.75, 3.05) is 11.5 Å². The molecular formula is C33H25IN2O3. The van der Waals surface area contributed by atoms with Crippen LogP contribution in [-0.4, -0.2) is 24.6 Å². The van der Waals surface area contributed by atoms with Crippen LogP contribution in [0.1, 0.15) is 35.1 Å². The van der Waals surface area contributed by atoms with Gasteiger partial charge in [-0.05, 0) is 88.2 Å². The van der Waals surface area contributed by atoms with Crippen LogP contribution < -0.4 is 9.64 Å². The molecule has 8 rings (SSSR count). The largest absolute Gasteiger partial charge is 0.494 e. The van der Waals surface area contributed by atoms with Crippen LogP contribution in [0.3, 0.4) is 0 Å². The van der Waals surface area contributed by atoms with Crippen molar-refractivity contribution >= 4 is 52.0 Å². The summed E-state index contributed by atoms with van der Waals surface area (Å²) in [6, 6.07) is 31.7. The van der Waals surface area contributed by atoms with Gasteiger partial charge < -0.3 is 4.74 Å². The van der Waals surface area contributed by atoms with Gasteiger partial charge in [-0.2, -0.15) is 0 Å². The van der Waals surface area contributed by atoms with Gasteiger partial charge in [-0.3, -0.25) is 14.6 Å². The number of hydrogen-bond donors (Lipinski definition) is 0. The number of imide groups is 1. The number of benzene rings is 4. The Hall–Kier alpha value is -3.78. The number of hydrogen-bond acceptors (Lipinski definition) is 4. The van der Waals surface area contributed by atoms with Crippen LogP contribution in [0.15, 0.2) is 102 Å². The molecule has 4 aromatic rings. The van der Waals surface area contributed by atoms with E-state index in [1.165, 1.54) is 4.90 Å². The molecule has 0 saturated carbocycles. The smallest absolute Gasteiger partial charge is 0.239 e. The Morgan fingerprint density at radius 3 is 2.10 bits per heavy atom. The summed E-state index contributed by atoms with van der Waals surface area (Å²) in [6.45, 7) is 2.47. The zero-order valence-electron chi connectivity index (χ0n) is 21.3. The summed E-state index contributed by atoms with van der Waals surface area (Å²) in [5.74, 6) is -0.948. The average molecular weight is 624 g/mol. The fraction of sp³-hybridized carbons (Fsp3) is 0.182. The highest BCUT2D eigenvalue weighted by Crippen LogP contribution is 2.63. The highest BCUT2D eigenvalue weighted by atomic mass is 127. The number of carbonyl (C=O) groups is 2. The van der Waals surface area contributed by atoms with Gasteiger partial charge in [0.25, 0.3) is 0 Å². The SMILES string of the molecule is CCOc1ccc(N2C(=O)[C@H]3C4c5ccccc5C(C=Nc5ccccc5I)(c5ccccc54)[C@H]3C2=O)cc1. The monoisotopic (exact) mass is 624 g/mol. The van der Waals surface area contributed by atoms with Gasteiger partial charge in [0.15, 0.2) is 0 Å². The van der Waals surface area contributed by atoms with Gasteiger partial charge in [-0.25, -0.2) is 4.90 Å². The summed E-state index contributed by atoms with van der Waals surface area (Å²) in [4.78, 5) is 35.1. The maximum Gasteiger partial charge on any atom is 0.239 e. The van der Waals surface area contributed by atoms with E-state index in [0.717, 1.165) is 31.5 Å². The first-order chi connectivity index (χ1) is 19.1. The summed E-state index contributed by atoms with van der Waals surface area (Å²) in [5, 5.41) is 0. The number of nitrogens with zero attached hydrogens (tertiary/aromatic N) is 2. The van der Waals surface area contributed by atoms with E-state index in [1.54, 1.807) is 12.1 Å². The molecule has 0 aromatic heterocycles. The minimum Gasteiger partial charge on any atom is -0.494 e. The zero-order chi connectivity index (χ0) is 26.7. The third kappa shape index (κ3) is 3.40. The van der Waals surface area contributed by atoms with Gasteiger partial charge in [0.1, 0.15) is 5.75 Å². The molecule has 0 N–H and O–H groups in total. The lowest BCUT2D eigenvalue weighted by atomic mass is 9.47. The number of anilines is 1. The molecule has 1 aliphatic heterocycles. The van der Waals surface area contributed by atoms with E-state index in [-0.39, 0.29) is 17.7 Å². The molecule has 2 atom stereocenters. The van der Waals surface area contributed by atoms with Crippen molar-refractivity contribution in [1.29, 1.82) is 0 Å². The molecule has 4 aliphatic rings. The molecule has 2 amide bonds. The number of ether oxygens (including phenoxy) is 1. The van der Waals surface area contributed by atoms with Gasteiger partial charge in [-0.15, -0.1) is 0 Å². The molecule has 6 heteroatoms. The molecule has 4 aromatic carbocycles. The fourth-order valence-corrected chi connectivity index (χ4v) is 7.42. The van der Waals surface area contributed by atoms with Gasteiger partial charge in [0, 0.05) is 15.7 Å². The summed E-state index contributed by atoms with van der Waals surface area (Å²) in [5.41, 5.74) is 4.84. The minimum absolute atomic E-state index is 0.157.